The van der Waals surface area contributed by atoms with Gasteiger partial charge in [0.15, 0.2) is 0 Å². The second-order valence-corrected chi connectivity index (χ2v) is 4.52. The molecule has 2 N–H and O–H groups in total. The molecule has 1 aliphatic carbocycles. The van der Waals surface area contributed by atoms with Crippen LogP contribution in [-0.4, -0.2) is 11.7 Å². The number of benzene rings is 1. The summed E-state index contributed by atoms with van der Waals surface area (Å²) in [5.41, 5.74) is 3.35. The Morgan fingerprint density at radius 1 is 1.40 bits per heavy atom. The zero-order chi connectivity index (χ0) is 10.8. The van der Waals surface area contributed by atoms with E-state index in [2.05, 4.69) is 4.84 Å². The lowest BCUT2D eigenvalue weighted by Crippen LogP contribution is -2.12. The Kier molecular flexibility index (Phi) is 3.52. The molecule has 15 heavy (non-hydrogen) atoms. The highest BCUT2D eigenvalue weighted by molar-refractivity contribution is 6.31. The largest absolute Gasteiger partial charge is 0.387 e. The number of aliphatic hydroxyl groups excluding tert-OH is 1. The highest BCUT2D eigenvalue weighted by Crippen LogP contribution is 2.32. The van der Waals surface area contributed by atoms with Crippen LogP contribution in [0.2, 0.25) is 5.02 Å². The normalized spacial score (nSPS) is 16.5. The number of aliphatic hydroxyl groups is 1. The molecule has 0 amide bonds. The fourth-order valence-electron chi connectivity index (χ4n) is 2.06. The first kappa shape index (κ1) is 11.2. The van der Waals surface area contributed by atoms with Gasteiger partial charge in [0, 0.05) is 11.6 Å². The molecule has 0 radical (unpaired) electrons. The zero-order valence-corrected chi connectivity index (χ0v) is 9.78. The van der Waals surface area contributed by atoms with E-state index in [1.807, 2.05) is 12.1 Å². The van der Waals surface area contributed by atoms with Crippen molar-refractivity contribution in [1.29, 1.82) is 0 Å². The predicted molar refractivity (Wildman–Crippen MR) is 62.3 cm³/mol. The van der Waals surface area contributed by atoms with E-state index < -0.39 is 6.10 Å². The number of aryl methyl sites for hydroxylation is 1. The van der Waals surface area contributed by atoms with Crippen LogP contribution >= 0.6 is 23.4 Å². The molecule has 0 saturated heterocycles. The van der Waals surface area contributed by atoms with Crippen molar-refractivity contribution in [2.45, 2.75) is 25.4 Å². The maximum absolute atomic E-state index is 9.77. The summed E-state index contributed by atoms with van der Waals surface area (Å²) in [7, 11) is 0. The SMILES string of the molecule is OC(CNCl)c1cc(Cl)c2c(c1)CCC2. The van der Waals surface area contributed by atoms with Crippen molar-refractivity contribution in [3.63, 3.8) is 0 Å². The summed E-state index contributed by atoms with van der Waals surface area (Å²) in [6.07, 6.45) is 2.68. The van der Waals surface area contributed by atoms with Crippen LogP contribution in [0.5, 0.6) is 0 Å². The van der Waals surface area contributed by atoms with E-state index >= 15 is 0 Å². The minimum atomic E-state index is -0.592. The molecule has 1 atom stereocenters. The molecule has 0 bridgehead atoms. The first-order valence-corrected chi connectivity index (χ1v) is 5.80. The van der Waals surface area contributed by atoms with Crippen LogP contribution in [0.3, 0.4) is 0 Å². The fraction of sp³-hybridized carbons (Fsp3) is 0.455. The highest BCUT2D eigenvalue weighted by atomic mass is 35.5. The Labute approximate surface area is 99.3 Å². The van der Waals surface area contributed by atoms with Crippen LogP contribution in [-0.2, 0) is 12.8 Å². The average molecular weight is 246 g/mol. The molecule has 1 aromatic carbocycles. The Bertz CT molecular complexity index is 368. The molecule has 4 heteroatoms. The molecule has 0 saturated carbocycles. The first-order valence-electron chi connectivity index (χ1n) is 5.05. The van der Waals surface area contributed by atoms with E-state index in [0.29, 0.717) is 6.54 Å². The molecular weight excluding hydrogens is 233 g/mol. The molecule has 2 rings (SSSR count). The Hall–Kier alpha value is -0.280. The lowest BCUT2D eigenvalue weighted by molar-refractivity contribution is 0.182. The molecule has 1 unspecified atom stereocenters. The maximum atomic E-state index is 9.77. The minimum absolute atomic E-state index is 0.330. The van der Waals surface area contributed by atoms with Gasteiger partial charge in [-0.2, -0.15) is 0 Å². The molecule has 0 aliphatic heterocycles. The summed E-state index contributed by atoms with van der Waals surface area (Å²) in [5.74, 6) is 0. The molecular formula is C11H13Cl2NO. The van der Waals surface area contributed by atoms with E-state index in [1.54, 1.807) is 0 Å². The summed E-state index contributed by atoms with van der Waals surface area (Å²) in [4.78, 5) is 2.43. The third-order valence-corrected chi connectivity index (χ3v) is 3.33. The van der Waals surface area contributed by atoms with Gasteiger partial charge < -0.3 is 5.11 Å². The lowest BCUT2D eigenvalue weighted by Gasteiger charge is -2.12. The number of halogens is 2. The van der Waals surface area contributed by atoms with Crippen molar-refractivity contribution in [1.82, 2.24) is 4.84 Å². The van der Waals surface area contributed by atoms with Crippen LogP contribution in [0, 0.1) is 0 Å². The highest BCUT2D eigenvalue weighted by Gasteiger charge is 2.17. The molecule has 82 valence electrons. The second-order valence-electron chi connectivity index (χ2n) is 3.85. The van der Waals surface area contributed by atoms with Gasteiger partial charge in [0.1, 0.15) is 0 Å². The van der Waals surface area contributed by atoms with Gasteiger partial charge in [-0.05, 0) is 53.8 Å². The average Bonchev–Trinajstić information content (AvgIpc) is 2.66. The summed E-state index contributed by atoms with van der Waals surface area (Å²) in [6, 6.07) is 3.87. The van der Waals surface area contributed by atoms with Crippen LogP contribution in [0.4, 0.5) is 0 Å². The summed E-state index contributed by atoms with van der Waals surface area (Å²) >= 11 is 11.5. The standard InChI is InChI=1S/C11H13Cl2NO/c12-10-5-8(11(15)6-14-13)4-7-2-1-3-9(7)10/h4-5,11,14-15H,1-3,6H2. The van der Waals surface area contributed by atoms with Gasteiger partial charge in [0.25, 0.3) is 0 Å². The van der Waals surface area contributed by atoms with Crippen molar-refractivity contribution >= 4 is 23.4 Å². The quantitative estimate of drug-likeness (QED) is 0.803. The number of fused-ring (bicyclic) bond motifs is 1. The van der Waals surface area contributed by atoms with E-state index in [0.717, 1.165) is 29.8 Å². The predicted octanol–water partition coefficient (Wildman–Crippen LogP) is 2.61. The third kappa shape index (κ3) is 2.28. The monoisotopic (exact) mass is 245 g/mol. The van der Waals surface area contributed by atoms with Crippen molar-refractivity contribution in [2.24, 2.45) is 0 Å². The fourth-order valence-corrected chi connectivity index (χ4v) is 2.55. The summed E-state index contributed by atoms with van der Waals surface area (Å²) in [6.45, 7) is 0.330. The number of hydrogen-bond donors (Lipinski definition) is 2. The van der Waals surface area contributed by atoms with Gasteiger partial charge in [-0.15, -0.1) is 0 Å². The van der Waals surface area contributed by atoms with Gasteiger partial charge in [0.2, 0.25) is 0 Å². The second kappa shape index (κ2) is 4.71. The molecule has 0 aromatic heterocycles. The Morgan fingerprint density at radius 3 is 2.93 bits per heavy atom. The molecule has 0 heterocycles. The van der Waals surface area contributed by atoms with E-state index in [9.17, 15) is 5.11 Å². The van der Waals surface area contributed by atoms with Gasteiger partial charge in [-0.1, -0.05) is 17.7 Å². The Balaban J connectivity index is 2.30. The van der Waals surface area contributed by atoms with E-state index in [1.165, 1.54) is 11.1 Å². The minimum Gasteiger partial charge on any atom is -0.387 e. The first-order chi connectivity index (χ1) is 7.22. The van der Waals surface area contributed by atoms with Gasteiger partial charge >= 0.3 is 0 Å². The summed E-state index contributed by atoms with van der Waals surface area (Å²) in [5, 5.41) is 10.5. The van der Waals surface area contributed by atoms with E-state index in [4.69, 9.17) is 23.4 Å². The van der Waals surface area contributed by atoms with Crippen LogP contribution in [0.15, 0.2) is 12.1 Å². The van der Waals surface area contributed by atoms with Gasteiger partial charge in [0.05, 0.1) is 6.10 Å². The van der Waals surface area contributed by atoms with Gasteiger partial charge in [-0.25, -0.2) is 4.84 Å². The van der Waals surface area contributed by atoms with Crippen LogP contribution in [0.1, 0.15) is 29.2 Å². The lowest BCUT2D eigenvalue weighted by atomic mass is 10.0. The molecule has 1 aliphatic rings. The molecule has 0 spiro atoms. The van der Waals surface area contributed by atoms with Crippen LogP contribution < -0.4 is 4.84 Å². The van der Waals surface area contributed by atoms with Crippen molar-refractivity contribution in [3.8, 4) is 0 Å². The van der Waals surface area contributed by atoms with E-state index in [-0.39, 0.29) is 0 Å². The third-order valence-electron chi connectivity index (χ3n) is 2.84. The molecule has 0 fully saturated rings. The number of hydrogen-bond acceptors (Lipinski definition) is 2. The van der Waals surface area contributed by atoms with Crippen molar-refractivity contribution in [3.05, 3.63) is 33.8 Å². The molecule has 1 aromatic rings. The zero-order valence-electron chi connectivity index (χ0n) is 8.26. The topological polar surface area (TPSA) is 32.3 Å². The number of nitrogens with one attached hydrogen (secondary N) is 1. The van der Waals surface area contributed by atoms with Crippen molar-refractivity contribution < 1.29 is 5.11 Å². The van der Waals surface area contributed by atoms with Gasteiger partial charge in [-0.3, -0.25) is 0 Å². The maximum Gasteiger partial charge on any atom is 0.0928 e. The summed E-state index contributed by atoms with van der Waals surface area (Å²) < 4.78 is 0. The molecule has 2 nitrogen and oxygen atoms in total. The van der Waals surface area contributed by atoms with Crippen LogP contribution in [0.25, 0.3) is 0 Å². The number of rotatable bonds is 3. The smallest absolute Gasteiger partial charge is 0.0928 e. The van der Waals surface area contributed by atoms with Crippen molar-refractivity contribution in [2.75, 3.05) is 6.54 Å². The Morgan fingerprint density at radius 2 is 2.20 bits per heavy atom.